The molecule has 0 radical (unpaired) electrons. The predicted molar refractivity (Wildman–Crippen MR) is 171 cm³/mol. The van der Waals surface area contributed by atoms with Crippen molar-refractivity contribution in [3.05, 3.63) is 140 Å². The molecule has 0 saturated heterocycles. The molecule has 41 heavy (non-hydrogen) atoms. The second-order valence-electron chi connectivity index (χ2n) is 10.6. The van der Waals surface area contributed by atoms with Crippen LogP contribution in [0.25, 0.3) is 65.4 Å². The number of nitrogens with zero attached hydrogens (tertiary/aromatic N) is 1. The summed E-state index contributed by atoms with van der Waals surface area (Å²) in [5.41, 5.74) is 6.75. The monoisotopic (exact) mass is 525 g/mol. The summed E-state index contributed by atoms with van der Waals surface area (Å²) in [5, 5.41) is 9.22. The van der Waals surface area contributed by atoms with Crippen molar-refractivity contribution in [3.63, 3.8) is 0 Å². The van der Waals surface area contributed by atoms with E-state index in [1.807, 2.05) is 12.1 Å². The lowest BCUT2D eigenvalue weighted by Gasteiger charge is -2.27. The van der Waals surface area contributed by atoms with Crippen molar-refractivity contribution in [1.82, 2.24) is 0 Å². The molecule has 0 N–H and O–H groups in total. The number of hydrogen-bond donors (Lipinski definition) is 0. The maximum atomic E-state index is 6.61. The third kappa shape index (κ3) is 3.33. The second-order valence-corrected chi connectivity index (χ2v) is 10.6. The van der Waals surface area contributed by atoms with Crippen molar-refractivity contribution in [2.75, 3.05) is 4.90 Å². The summed E-state index contributed by atoms with van der Waals surface area (Å²) in [6, 6.07) is 48.9. The Labute approximate surface area is 235 Å². The Morgan fingerprint density at radius 1 is 0.366 bits per heavy atom. The van der Waals surface area contributed by atoms with Crippen LogP contribution in [-0.4, -0.2) is 0 Å². The molecule has 3 nitrogen and oxygen atoms in total. The average molecular weight is 526 g/mol. The SMILES string of the molecule is c1ccc(N(c2ccc3oc4ccccc4c3c2)c2cc3oc4cc5ccccc5cc4c3c3ccccc23)cc1. The maximum absolute atomic E-state index is 6.61. The fourth-order valence-corrected chi connectivity index (χ4v) is 6.35. The molecule has 0 aliphatic carbocycles. The summed E-state index contributed by atoms with van der Waals surface area (Å²) in [4.78, 5) is 2.33. The molecule has 0 bridgehead atoms. The highest BCUT2D eigenvalue weighted by Gasteiger charge is 2.21. The van der Waals surface area contributed by atoms with E-state index in [9.17, 15) is 0 Å². The Balaban J connectivity index is 1.37. The fourth-order valence-electron chi connectivity index (χ4n) is 6.35. The Hall–Kier alpha value is -5.54. The molecule has 0 fully saturated rings. The topological polar surface area (TPSA) is 29.5 Å². The number of hydrogen-bond acceptors (Lipinski definition) is 3. The van der Waals surface area contributed by atoms with Crippen molar-refractivity contribution in [2.24, 2.45) is 0 Å². The Bertz CT molecular complexity index is 2430. The van der Waals surface area contributed by atoms with Crippen molar-refractivity contribution >= 4 is 82.5 Å². The molecule has 0 amide bonds. The third-order valence-corrected chi connectivity index (χ3v) is 8.20. The van der Waals surface area contributed by atoms with Gasteiger partial charge in [0.15, 0.2) is 0 Å². The zero-order valence-corrected chi connectivity index (χ0v) is 22.0. The average Bonchev–Trinajstić information content (AvgIpc) is 3.58. The van der Waals surface area contributed by atoms with Gasteiger partial charge in [-0.3, -0.25) is 0 Å². The minimum absolute atomic E-state index is 0.875. The van der Waals surface area contributed by atoms with Crippen molar-refractivity contribution in [1.29, 1.82) is 0 Å². The van der Waals surface area contributed by atoms with Gasteiger partial charge < -0.3 is 13.7 Å². The molecule has 9 aromatic rings. The van der Waals surface area contributed by atoms with Gasteiger partial charge in [0.05, 0.1) is 5.69 Å². The standard InChI is InChI=1S/C38H23NO2/c1-2-12-26(13-3-1)39(27-18-19-35-31(22-27)29-15-8-9-17-34(29)40-35)33-23-37-38(30-16-7-6-14-28(30)33)32-20-24-10-4-5-11-25(24)21-36(32)41-37/h1-23H. The summed E-state index contributed by atoms with van der Waals surface area (Å²) in [6.07, 6.45) is 0. The molecule has 0 unspecified atom stereocenters. The van der Waals surface area contributed by atoms with Crippen molar-refractivity contribution in [3.8, 4) is 0 Å². The van der Waals surface area contributed by atoms with Crippen LogP contribution in [0.15, 0.2) is 148 Å². The molecule has 2 heterocycles. The van der Waals surface area contributed by atoms with E-state index >= 15 is 0 Å². The van der Waals surface area contributed by atoms with Gasteiger partial charge in [-0.1, -0.05) is 84.9 Å². The zero-order chi connectivity index (χ0) is 26.9. The quantitative estimate of drug-likeness (QED) is 0.230. The summed E-state index contributed by atoms with van der Waals surface area (Å²) in [5.74, 6) is 0. The number of furan rings is 2. The van der Waals surface area contributed by atoms with Gasteiger partial charge in [0.2, 0.25) is 0 Å². The number of para-hydroxylation sites is 2. The van der Waals surface area contributed by atoms with Crippen LogP contribution >= 0.6 is 0 Å². The van der Waals surface area contributed by atoms with E-state index in [0.29, 0.717) is 0 Å². The first-order valence-electron chi connectivity index (χ1n) is 13.9. The van der Waals surface area contributed by atoms with E-state index in [0.717, 1.165) is 66.3 Å². The van der Waals surface area contributed by atoms with Crippen molar-refractivity contribution < 1.29 is 8.83 Å². The van der Waals surface area contributed by atoms with E-state index in [2.05, 4.69) is 132 Å². The summed E-state index contributed by atoms with van der Waals surface area (Å²) < 4.78 is 12.8. The molecular weight excluding hydrogens is 502 g/mol. The van der Waals surface area contributed by atoms with Gasteiger partial charge in [0, 0.05) is 44.4 Å². The van der Waals surface area contributed by atoms with Crippen LogP contribution in [0, 0.1) is 0 Å². The van der Waals surface area contributed by atoms with E-state index in [1.54, 1.807) is 0 Å². The number of fused-ring (bicyclic) bond motifs is 9. The molecule has 0 aliphatic heterocycles. The number of rotatable bonds is 3. The fraction of sp³-hybridized carbons (Fsp3) is 0. The lowest BCUT2D eigenvalue weighted by Crippen LogP contribution is -2.10. The Morgan fingerprint density at radius 2 is 1.02 bits per heavy atom. The van der Waals surface area contributed by atoms with Crippen LogP contribution in [0.2, 0.25) is 0 Å². The summed E-state index contributed by atoms with van der Waals surface area (Å²) in [6.45, 7) is 0. The first-order chi connectivity index (χ1) is 20.3. The van der Waals surface area contributed by atoms with Crippen LogP contribution in [0.3, 0.4) is 0 Å². The minimum Gasteiger partial charge on any atom is -0.456 e. The first-order valence-corrected chi connectivity index (χ1v) is 13.9. The van der Waals surface area contributed by atoms with Crippen LogP contribution < -0.4 is 4.90 Å². The van der Waals surface area contributed by atoms with E-state index in [4.69, 9.17) is 8.83 Å². The van der Waals surface area contributed by atoms with E-state index in [1.165, 1.54) is 16.2 Å². The maximum Gasteiger partial charge on any atom is 0.138 e. The highest BCUT2D eigenvalue weighted by molar-refractivity contribution is 6.24. The van der Waals surface area contributed by atoms with Crippen LogP contribution in [-0.2, 0) is 0 Å². The predicted octanol–water partition coefficient (Wildman–Crippen LogP) is 11.3. The molecular formula is C38H23NO2. The highest BCUT2D eigenvalue weighted by Crippen LogP contribution is 2.46. The normalized spacial score (nSPS) is 11.9. The van der Waals surface area contributed by atoms with Gasteiger partial charge in [-0.2, -0.15) is 0 Å². The van der Waals surface area contributed by atoms with Gasteiger partial charge in [0.25, 0.3) is 0 Å². The third-order valence-electron chi connectivity index (χ3n) is 8.20. The molecule has 192 valence electrons. The molecule has 0 atom stereocenters. The van der Waals surface area contributed by atoms with Crippen molar-refractivity contribution in [2.45, 2.75) is 0 Å². The Morgan fingerprint density at radius 3 is 1.88 bits per heavy atom. The molecule has 0 spiro atoms. The summed E-state index contributed by atoms with van der Waals surface area (Å²) >= 11 is 0. The minimum atomic E-state index is 0.875. The molecule has 2 aromatic heterocycles. The van der Waals surface area contributed by atoms with Gasteiger partial charge in [-0.15, -0.1) is 0 Å². The lowest BCUT2D eigenvalue weighted by atomic mass is 9.99. The van der Waals surface area contributed by atoms with E-state index < -0.39 is 0 Å². The zero-order valence-electron chi connectivity index (χ0n) is 22.0. The molecule has 9 rings (SSSR count). The van der Waals surface area contributed by atoms with Gasteiger partial charge in [-0.05, 0) is 64.7 Å². The van der Waals surface area contributed by atoms with Gasteiger partial charge in [-0.25, -0.2) is 0 Å². The molecule has 0 saturated carbocycles. The van der Waals surface area contributed by atoms with Gasteiger partial charge >= 0.3 is 0 Å². The summed E-state index contributed by atoms with van der Waals surface area (Å²) in [7, 11) is 0. The molecule has 7 aromatic carbocycles. The number of anilines is 3. The molecule has 0 aliphatic rings. The van der Waals surface area contributed by atoms with Crippen LogP contribution in [0.5, 0.6) is 0 Å². The van der Waals surface area contributed by atoms with Gasteiger partial charge in [0.1, 0.15) is 22.3 Å². The smallest absolute Gasteiger partial charge is 0.138 e. The lowest BCUT2D eigenvalue weighted by molar-refractivity contribution is 0.668. The highest BCUT2D eigenvalue weighted by atomic mass is 16.3. The largest absolute Gasteiger partial charge is 0.456 e. The van der Waals surface area contributed by atoms with Crippen LogP contribution in [0.4, 0.5) is 17.1 Å². The molecule has 3 heteroatoms. The first kappa shape index (κ1) is 22.3. The van der Waals surface area contributed by atoms with E-state index in [-0.39, 0.29) is 0 Å². The second kappa shape index (κ2) is 8.48. The Kier molecular flexibility index (Phi) is 4.61. The number of benzene rings is 7. The van der Waals surface area contributed by atoms with Crippen LogP contribution in [0.1, 0.15) is 0 Å².